The first-order valence-electron chi connectivity index (χ1n) is 7.25. The number of aromatic amines is 1. The fraction of sp³-hybridized carbons (Fsp3) is 0.769. The Morgan fingerprint density at radius 3 is 2.80 bits per heavy atom. The molecule has 0 aromatic carbocycles. The van der Waals surface area contributed by atoms with Gasteiger partial charge in [0.15, 0.2) is 5.03 Å². The molecule has 114 valence electrons. The van der Waals surface area contributed by atoms with Crippen LogP contribution in [0.1, 0.15) is 38.2 Å². The predicted octanol–water partition coefficient (Wildman–Crippen LogP) is 1.33. The molecule has 1 aromatic heterocycles. The highest BCUT2D eigenvalue weighted by molar-refractivity contribution is 7.89. The molecule has 0 radical (unpaired) electrons. The van der Waals surface area contributed by atoms with Crippen LogP contribution in [0.15, 0.2) is 11.2 Å². The predicted molar refractivity (Wildman–Crippen MR) is 77.7 cm³/mol. The molecule has 1 aliphatic carbocycles. The van der Waals surface area contributed by atoms with Crippen molar-refractivity contribution in [2.45, 2.75) is 44.2 Å². The number of nitrogens with zero attached hydrogens (tertiary/aromatic N) is 2. The summed E-state index contributed by atoms with van der Waals surface area (Å²) in [4.78, 5) is 0. The van der Waals surface area contributed by atoms with Crippen molar-refractivity contribution in [2.24, 2.45) is 5.92 Å². The second-order valence-electron chi connectivity index (χ2n) is 5.44. The minimum atomic E-state index is -3.47. The molecular weight excluding hydrogens is 276 g/mol. The molecule has 1 aliphatic rings. The van der Waals surface area contributed by atoms with Crippen molar-refractivity contribution in [3.63, 3.8) is 0 Å². The van der Waals surface area contributed by atoms with E-state index < -0.39 is 10.0 Å². The van der Waals surface area contributed by atoms with Crippen molar-refractivity contribution in [3.05, 3.63) is 11.8 Å². The summed E-state index contributed by atoms with van der Waals surface area (Å²) in [5, 5.41) is 9.88. The van der Waals surface area contributed by atoms with E-state index in [9.17, 15) is 8.42 Å². The third-order valence-corrected chi connectivity index (χ3v) is 5.74. The Hall–Kier alpha value is -0.920. The highest BCUT2D eigenvalue weighted by Crippen LogP contribution is 2.27. The van der Waals surface area contributed by atoms with Gasteiger partial charge >= 0.3 is 0 Å². The minimum Gasteiger partial charge on any atom is -0.313 e. The van der Waals surface area contributed by atoms with Gasteiger partial charge in [-0.2, -0.15) is 9.40 Å². The average molecular weight is 300 g/mol. The van der Waals surface area contributed by atoms with Crippen LogP contribution < -0.4 is 5.32 Å². The van der Waals surface area contributed by atoms with Crippen LogP contribution in [0.5, 0.6) is 0 Å². The average Bonchev–Trinajstić information content (AvgIpc) is 3.06. The zero-order valence-corrected chi connectivity index (χ0v) is 13.0. The number of nitrogens with one attached hydrogen (secondary N) is 2. The van der Waals surface area contributed by atoms with Crippen LogP contribution in [0.25, 0.3) is 0 Å². The monoisotopic (exact) mass is 300 g/mol. The zero-order valence-electron chi connectivity index (χ0n) is 12.2. The summed E-state index contributed by atoms with van der Waals surface area (Å²) in [6.45, 7) is 3.89. The molecule has 0 atom stereocenters. The second kappa shape index (κ2) is 6.69. The smallest absolute Gasteiger partial charge is 0.260 e. The molecule has 2 N–H and O–H groups in total. The van der Waals surface area contributed by atoms with E-state index in [0.717, 1.165) is 19.4 Å². The van der Waals surface area contributed by atoms with Gasteiger partial charge < -0.3 is 5.32 Å². The van der Waals surface area contributed by atoms with E-state index in [1.807, 2.05) is 6.92 Å². The number of rotatable bonds is 7. The molecule has 1 heterocycles. The summed E-state index contributed by atoms with van der Waals surface area (Å²) >= 11 is 0. The van der Waals surface area contributed by atoms with Gasteiger partial charge in [0.1, 0.15) is 0 Å². The van der Waals surface area contributed by atoms with Crippen LogP contribution in [0, 0.1) is 5.92 Å². The van der Waals surface area contributed by atoms with Gasteiger partial charge in [-0.25, -0.2) is 8.42 Å². The first-order chi connectivity index (χ1) is 9.55. The summed E-state index contributed by atoms with van der Waals surface area (Å²) in [5.41, 5.74) is 0.699. The van der Waals surface area contributed by atoms with Gasteiger partial charge in [-0.15, -0.1) is 0 Å². The lowest BCUT2D eigenvalue weighted by atomic mass is 10.1. The molecule has 0 aliphatic heterocycles. The van der Waals surface area contributed by atoms with E-state index in [-0.39, 0.29) is 5.03 Å². The van der Waals surface area contributed by atoms with Crippen LogP contribution in [0.4, 0.5) is 0 Å². The van der Waals surface area contributed by atoms with E-state index in [4.69, 9.17) is 0 Å². The molecule has 1 saturated carbocycles. The Morgan fingerprint density at radius 1 is 1.45 bits per heavy atom. The summed E-state index contributed by atoms with van der Waals surface area (Å²) in [6.07, 6.45) is 6.28. The molecule has 7 heteroatoms. The normalized spacial score (nSPS) is 17.1. The van der Waals surface area contributed by atoms with Gasteiger partial charge in [-0.05, 0) is 25.3 Å². The van der Waals surface area contributed by atoms with Gasteiger partial charge in [0.2, 0.25) is 0 Å². The van der Waals surface area contributed by atoms with Crippen LogP contribution >= 0.6 is 0 Å². The van der Waals surface area contributed by atoms with Gasteiger partial charge in [0.05, 0.1) is 6.20 Å². The lowest BCUT2D eigenvalue weighted by Crippen LogP contribution is -2.32. The number of hydrogen-bond donors (Lipinski definition) is 2. The number of aromatic nitrogens is 2. The third kappa shape index (κ3) is 3.39. The quantitative estimate of drug-likeness (QED) is 0.796. The molecule has 6 nitrogen and oxygen atoms in total. The van der Waals surface area contributed by atoms with Crippen molar-refractivity contribution >= 4 is 10.0 Å². The van der Waals surface area contributed by atoms with Crippen LogP contribution in [0.3, 0.4) is 0 Å². The van der Waals surface area contributed by atoms with Gasteiger partial charge in [-0.3, -0.25) is 5.10 Å². The largest absolute Gasteiger partial charge is 0.313 e. The Labute approximate surface area is 121 Å². The van der Waals surface area contributed by atoms with Gasteiger partial charge in [0, 0.05) is 25.7 Å². The number of sulfonamides is 1. The SMILES string of the molecule is CCNCc1cn[nH]c1S(=O)(=O)N(C)CC1CCCC1. The van der Waals surface area contributed by atoms with Crippen molar-refractivity contribution in [1.82, 2.24) is 19.8 Å². The third-order valence-electron chi connectivity index (χ3n) is 3.90. The molecule has 0 bridgehead atoms. The fourth-order valence-electron chi connectivity index (χ4n) is 2.72. The lowest BCUT2D eigenvalue weighted by Gasteiger charge is -2.20. The molecule has 0 saturated heterocycles. The minimum absolute atomic E-state index is 0.221. The molecule has 0 spiro atoms. The Bertz CT molecular complexity index is 520. The Kier molecular flexibility index (Phi) is 5.17. The lowest BCUT2D eigenvalue weighted by molar-refractivity contribution is 0.385. The van der Waals surface area contributed by atoms with Crippen molar-refractivity contribution in [2.75, 3.05) is 20.1 Å². The van der Waals surface area contributed by atoms with Crippen molar-refractivity contribution < 1.29 is 8.42 Å². The van der Waals surface area contributed by atoms with Crippen LogP contribution in [0.2, 0.25) is 0 Å². The standard InChI is InChI=1S/C13H24N4O2S/c1-3-14-8-12-9-15-16-13(12)20(18,19)17(2)10-11-6-4-5-7-11/h9,11,14H,3-8,10H2,1-2H3,(H,15,16). The maximum atomic E-state index is 12.6. The highest BCUT2D eigenvalue weighted by atomic mass is 32.2. The molecule has 20 heavy (non-hydrogen) atoms. The topological polar surface area (TPSA) is 78.1 Å². The highest BCUT2D eigenvalue weighted by Gasteiger charge is 2.28. The molecular formula is C13H24N4O2S. The molecule has 0 unspecified atom stereocenters. The molecule has 1 aromatic rings. The zero-order chi connectivity index (χ0) is 14.6. The van der Waals surface area contributed by atoms with Gasteiger partial charge in [0.25, 0.3) is 10.0 Å². The number of hydrogen-bond acceptors (Lipinski definition) is 4. The van der Waals surface area contributed by atoms with E-state index in [1.165, 1.54) is 17.1 Å². The Morgan fingerprint density at radius 2 is 2.15 bits per heavy atom. The fourth-order valence-corrected chi connectivity index (χ4v) is 4.06. The van der Waals surface area contributed by atoms with Crippen molar-refractivity contribution in [1.29, 1.82) is 0 Å². The first-order valence-corrected chi connectivity index (χ1v) is 8.69. The van der Waals surface area contributed by atoms with Crippen LogP contribution in [-0.2, 0) is 16.6 Å². The summed E-state index contributed by atoms with van der Waals surface area (Å²) in [6, 6.07) is 0. The maximum Gasteiger partial charge on any atom is 0.260 e. The van der Waals surface area contributed by atoms with E-state index in [2.05, 4.69) is 15.5 Å². The Balaban J connectivity index is 2.10. The molecule has 0 amide bonds. The van der Waals surface area contributed by atoms with E-state index in [0.29, 0.717) is 24.6 Å². The molecule has 1 fully saturated rings. The van der Waals surface area contributed by atoms with Gasteiger partial charge in [-0.1, -0.05) is 19.8 Å². The summed E-state index contributed by atoms with van der Waals surface area (Å²) in [5.74, 6) is 0.495. The van der Waals surface area contributed by atoms with Crippen LogP contribution in [-0.4, -0.2) is 43.1 Å². The molecule has 2 rings (SSSR count). The van der Waals surface area contributed by atoms with Crippen molar-refractivity contribution in [3.8, 4) is 0 Å². The summed E-state index contributed by atoms with van der Waals surface area (Å²) in [7, 11) is -1.81. The second-order valence-corrected chi connectivity index (χ2v) is 7.42. The summed E-state index contributed by atoms with van der Waals surface area (Å²) < 4.78 is 26.6. The van der Waals surface area contributed by atoms with E-state index >= 15 is 0 Å². The first kappa shape index (κ1) is 15.5. The van der Waals surface area contributed by atoms with E-state index in [1.54, 1.807) is 13.2 Å². The number of H-pyrrole nitrogens is 1. The maximum absolute atomic E-state index is 12.6.